The fourth-order valence-electron chi connectivity index (χ4n) is 8.06. The number of Topliss-reactive ketones (excluding diaryl/α,β-unsaturated/α-hetero) is 1. The van der Waals surface area contributed by atoms with Crippen molar-refractivity contribution in [3.05, 3.63) is 64.2 Å². The van der Waals surface area contributed by atoms with Gasteiger partial charge >= 0.3 is 0 Å². The molecule has 1 aromatic carbocycles. The normalized spacial score (nSPS) is 23.5. The van der Waals surface area contributed by atoms with E-state index in [0.29, 0.717) is 17.4 Å². The van der Waals surface area contributed by atoms with Gasteiger partial charge in [0, 0.05) is 36.6 Å². The molecule has 3 aromatic rings. The minimum Gasteiger partial charge on any atom is -0.353 e. The van der Waals surface area contributed by atoms with Crippen LogP contribution in [0.15, 0.2) is 47.4 Å². The number of aryl methyl sites for hydroxylation is 1. The summed E-state index contributed by atoms with van der Waals surface area (Å²) in [5.74, 6) is -0.557. The Kier molecular flexibility index (Phi) is 8.79. The second-order valence-corrected chi connectivity index (χ2v) is 13.1. The van der Waals surface area contributed by atoms with Gasteiger partial charge in [0.1, 0.15) is 24.0 Å². The molecule has 0 unspecified atom stereocenters. The van der Waals surface area contributed by atoms with Gasteiger partial charge in [-0.05, 0) is 92.9 Å². The van der Waals surface area contributed by atoms with E-state index >= 15 is 0 Å². The number of carbonyl (C=O) groups is 5. The predicted molar refractivity (Wildman–Crippen MR) is 171 cm³/mol. The first-order valence-corrected chi connectivity index (χ1v) is 16.0. The Morgan fingerprint density at radius 2 is 1.65 bits per heavy atom. The molecule has 0 aliphatic heterocycles. The topological polar surface area (TPSA) is 171 Å². The van der Waals surface area contributed by atoms with Gasteiger partial charge in [-0.2, -0.15) is 0 Å². The first kappa shape index (κ1) is 31.3. The average Bonchev–Trinajstić information content (AvgIpc) is 3.38. The van der Waals surface area contributed by atoms with Gasteiger partial charge in [0.05, 0.1) is 0 Å². The SMILES string of the molecule is CNC(=O)C(=O)CC[C@H](NC(=O)c1[nH]c2ccccc2c1C)C(=O)Nc1cccn(CC(=O)NC2C3CC4CC(C3)CC2C4)c1=O. The van der Waals surface area contributed by atoms with Crippen LogP contribution in [0, 0.1) is 30.6 Å². The molecule has 242 valence electrons. The van der Waals surface area contributed by atoms with E-state index in [0.717, 1.165) is 48.4 Å². The standard InChI is InChI=1S/C34H40N6O6/c1-18-23-6-3-4-7-24(23)36-29(18)33(45)37-25(9-10-27(41)32(44)35-2)31(43)38-26-8-5-11-40(34(26)46)17-28(42)39-30-21-13-19-12-20(15-21)16-22(30)14-19/h3-8,11,19-22,25,30,36H,9-10,12-17H2,1-2H3,(H,35,44)(H,37,45)(H,38,43)(H,39,42)/t19?,20?,21?,22?,25-,30?/m0/s1. The van der Waals surface area contributed by atoms with Gasteiger partial charge in [-0.25, -0.2) is 0 Å². The van der Waals surface area contributed by atoms with Crippen LogP contribution in [0.25, 0.3) is 10.9 Å². The molecule has 2 heterocycles. The number of H-pyrrole nitrogens is 1. The van der Waals surface area contributed by atoms with Crippen molar-refractivity contribution in [1.82, 2.24) is 25.5 Å². The summed E-state index contributed by atoms with van der Waals surface area (Å²) in [5.41, 5.74) is 1.04. The average molecular weight is 629 g/mol. The third-order valence-electron chi connectivity index (χ3n) is 10.1. The molecule has 12 nitrogen and oxygen atoms in total. The van der Waals surface area contributed by atoms with Gasteiger partial charge in [-0.1, -0.05) is 18.2 Å². The van der Waals surface area contributed by atoms with Crippen LogP contribution in [0.1, 0.15) is 61.0 Å². The maximum atomic E-state index is 13.5. The Hall–Kier alpha value is -4.74. The number of rotatable bonds is 11. The quantitative estimate of drug-likeness (QED) is 0.204. The van der Waals surface area contributed by atoms with Crippen molar-refractivity contribution < 1.29 is 24.0 Å². The number of nitrogens with zero attached hydrogens (tertiary/aromatic N) is 1. The minimum atomic E-state index is -1.25. The molecule has 46 heavy (non-hydrogen) atoms. The number of likely N-dealkylation sites (N-methyl/N-ethyl adjacent to an activating group) is 1. The largest absolute Gasteiger partial charge is 0.353 e. The van der Waals surface area contributed by atoms with E-state index in [4.69, 9.17) is 0 Å². The lowest BCUT2D eigenvalue weighted by atomic mass is 9.54. The van der Waals surface area contributed by atoms with Crippen LogP contribution >= 0.6 is 0 Å². The lowest BCUT2D eigenvalue weighted by Gasteiger charge is -2.54. The van der Waals surface area contributed by atoms with Crippen molar-refractivity contribution in [1.29, 1.82) is 0 Å². The van der Waals surface area contributed by atoms with E-state index in [1.54, 1.807) is 13.0 Å². The Bertz CT molecular complexity index is 1730. The number of ketones is 1. The highest BCUT2D eigenvalue weighted by Gasteiger charge is 2.48. The molecule has 4 aliphatic rings. The summed E-state index contributed by atoms with van der Waals surface area (Å²) in [4.78, 5) is 80.4. The lowest BCUT2D eigenvalue weighted by Crippen LogP contribution is -2.56. The number of fused-ring (bicyclic) bond motifs is 1. The molecule has 0 saturated heterocycles. The zero-order chi connectivity index (χ0) is 32.5. The Balaban J connectivity index is 1.14. The van der Waals surface area contributed by atoms with Crippen LogP contribution in [-0.4, -0.2) is 58.1 Å². The number of hydrogen-bond donors (Lipinski definition) is 5. The highest BCUT2D eigenvalue weighted by molar-refractivity contribution is 6.36. The first-order valence-electron chi connectivity index (χ1n) is 16.0. The fraction of sp³-hybridized carbons (Fsp3) is 0.471. The van der Waals surface area contributed by atoms with Crippen LogP contribution in [0.5, 0.6) is 0 Å². The van der Waals surface area contributed by atoms with Crippen molar-refractivity contribution in [3.63, 3.8) is 0 Å². The molecular weight excluding hydrogens is 588 g/mol. The maximum Gasteiger partial charge on any atom is 0.287 e. The van der Waals surface area contributed by atoms with E-state index in [1.807, 2.05) is 24.3 Å². The van der Waals surface area contributed by atoms with E-state index in [2.05, 4.69) is 26.3 Å². The summed E-state index contributed by atoms with van der Waals surface area (Å²) < 4.78 is 1.25. The molecule has 4 aliphatic carbocycles. The molecule has 12 heteroatoms. The Morgan fingerprint density at radius 3 is 2.33 bits per heavy atom. The van der Waals surface area contributed by atoms with Crippen molar-refractivity contribution in [3.8, 4) is 0 Å². The second-order valence-electron chi connectivity index (χ2n) is 13.1. The van der Waals surface area contributed by atoms with E-state index in [-0.39, 0.29) is 42.7 Å². The first-order chi connectivity index (χ1) is 22.1. The van der Waals surface area contributed by atoms with Gasteiger partial charge in [-0.3, -0.25) is 28.8 Å². The zero-order valence-corrected chi connectivity index (χ0v) is 26.1. The number of anilines is 1. The number of nitrogens with one attached hydrogen (secondary N) is 5. The molecule has 4 fully saturated rings. The number of hydrogen-bond acceptors (Lipinski definition) is 6. The van der Waals surface area contributed by atoms with Crippen molar-refractivity contribution in [2.24, 2.45) is 23.7 Å². The van der Waals surface area contributed by atoms with E-state index in [9.17, 15) is 28.8 Å². The van der Waals surface area contributed by atoms with Crippen molar-refractivity contribution in [2.75, 3.05) is 12.4 Å². The molecule has 4 saturated carbocycles. The van der Waals surface area contributed by atoms with Gasteiger partial charge in [0.2, 0.25) is 17.6 Å². The van der Waals surface area contributed by atoms with Crippen LogP contribution in [0.2, 0.25) is 0 Å². The summed E-state index contributed by atoms with van der Waals surface area (Å²) in [6.07, 6.45) is 6.95. The van der Waals surface area contributed by atoms with Crippen LogP contribution in [-0.2, 0) is 25.7 Å². The molecular formula is C34H40N6O6. The predicted octanol–water partition coefficient (Wildman–Crippen LogP) is 2.41. The molecule has 4 amide bonds. The molecule has 0 radical (unpaired) electrons. The van der Waals surface area contributed by atoms with Crippen LogP contribution in [0.4, 0.5) is 5.69 Å². The number of carbonyl (C=O) groups excluding carboxylic acids is 5. The van der Waals surface area contributed by atoms with Crippen LogP contribution < -0.4 is 26.8 Å². The number of aromatic amines is 1. The number of benzene rings is 1. The van der Waals surface area contributed by atoms with Gasteiger partial charge in [0.25, 0.3) is 17.4 Å². The van der Waals surface area contributed by atoms with E-state index in [1.165, 1.54) is 30.3 Å². The molecule has 0 spiro atoms. The molecule has 7 rings (SSSR count). The summed E-state index contributed by atoms with van der Waals surface area (Å²) in [6, 6.07) is 9.25. The Morgan fingerprint density at radius 1 is 0.957 bits per heavy atom. The smallest absolute Gasteiger partial charge is 0.287 e. The third-order valence-corrected chi connectivity index (χ3v) is 10.1. The number of pyridine rings is 1. The molecule has 5 N–H and O–H groups in total. The molecule has 4 bridgehead atoms. The summed E-state index contributed by atoms with van der Waals surface area (Å²) >= 11 is 0. The maximum absolute atomic E-state index is 13.5. The fourth-order valence-corrected chi connectivity index (χ4v) is 8.06. The third kappa shape index (κ3) is 6.33. The monoisotopic (exact) mass is 628 g/mol. The van der Waals surface area contributed by atoms with Crippen molar-refractivity contribution in [2.45, 2.75) is 70.5 Å². The number of amides is 4. The second kappa shape index (κ2) is 12.9. The summed E-state index contributed by atoms with van der Waals surface area (Å²) in [5, 5.41) is 11.6. The van der Waals surface area contributed by atoms with Crippen LogP contribution in [0.3, 0.4) is 0 Å². The molecule has 2 aromatic heterocycles. The van der Waals surface area contributed by atoms with Gasteiger partial charge in [-0.15, -0.1) is 0 Å². The zero-order valence-electron chi connectivity index (χ0n) is 26.1. The van der Waals surface area contributed by atoms with Gasteiger partial charge < -0.3 is 30.8 Å². The van der Waals surface area contributed by atoms with Gasteiger partial charge in [0.15, 0.2) is 0 Å². The highest BCUT2D eigenvalue weighted by atomic mass is 16.2. The Labute approximate surface area is 266 Å². The minimum absolute atomic E-state index is 0.0754. The lowest BCUT2D eigenvalue weighted by molar-refractivity contribution is -0.137. The number of aromatic nitrogens is 2. The highest BCUT2D eigenvalue weighted by Crippen LogP contribution is 2.53. The summed E-state index contributed by atoms with van der Waals surface area (Å²) in [7, 11) is 1.33. The van der Waals surface area contributed by atoms with E-state index < -0.39 is 35.1 Å². The number of para-hydroxylation sites is 1. The summed E-state index contributed by atoms with van der Waals surface area (Å²) in [6.45, 7) is 1.59. The molecule has 1 atom stereocenters. The van der Waals surface area contributed by atoms with Crippen molar-refractivity contribution >= 4 is 46.0 Å².